The number of carbonyl (C=O) groups excluding carboxylic acids is 1. The first-order valence-electron chi connectivity index (χ1n) is 4.39. The van der Waals surface area contributed by atoms with Crippen LogP contribution in [0, 0.1) is 0 Å². The first-order valence-corrected chi connectivity index (χ1v) is 4.39. The standard InChI is InChI=1S/C10H10O4/c11-6-7-2-3-8-10(9(7)12)14-5-1-4-13-8/h2-3,6,12H,1,4-5H2. The number of benzene rings is 1. The highest BCUT2D eigenvalue weighted by Gasteiger charge is 2.17. The minimum atomic E-state index is -0.139. The number of aldehydes is 1. The number of phenols is 1. The molecule has 74 valence electrons. The SMILES string of the molecule is O=Cc1ccc2c(c1O)OCCCO2. The summed E-state index contributed by atoms with van der Waals surface area (Å²) in [5, 5.41) is 9.62. The number of hydrogen-bond donors (Lipinski definition) is 1. The topological polar surface area (TPSA) is 55.8 Å². The van der Waals surface area contributed by atoms with Crippen molar-refractivity contribution in [1.29, 1.82) is 0 Å². The number of aromatic hydroxyl groups is 1. The van der Waals surface area contributed by atoms with Crippen molar-refractivity contribution in [3.05, 3.63) is 17.7 Å². The maximum atomic E-state index is 10.5. The second-order valence-corrected chi connectivity index (χ2v) is 3.00. The van der Waals surface area contributed by atoms with Gasteiger partial charge in [0.1, 0.15) is 0 Å². The average Bonchev–Trinajstić information content (AvgIpc) is 2.44. The van der Waals surface area contributed by atoms with Gasteiger partial charge in [0.05, 0.1) is 18.8 Å². The molecule has 0 saturated carbocycles. The molecule has 0 radical (unpaired) electrons. The van der Waals surface area contributed by atoms with E-state index in [2.05, 4.69) is 0 Å². The molecule has 0 spiro atoms. The fraction of sp³-hybridized carbons (Fsp3) is 0.300. The fourth-order valence-corrected chi connectivity index (χ4v) is 1.33. The zero-order valence-corrected chi connectivity index (χ0v) is 7.53. The van der Waals surface area contributed by atoms with Crippen LogP contribution in [0.1, 0.15) is 16.8 Å². The largest absolute Gasteiger partial charge is 0.504 e. The third kappa shape index (κ3) is 1.39. The Kier molecular flexibility index (Phi) is 2.26. The summed E-state index contributed by atoms with van der Waals surface area (Å²) in [5.41, 5.74) is 0.217. The van der Waals surface area contributed by atoms with Crippen molar-refractivity contribution < 1.29 is 19.4 Å². The lowest BCUT2D eigenvalue weighted by atomic mass is 10.2. The number of ether oxygens (including phenoxy) is 2. The van der Waals surface area contributed by atoms with Crippen molar-refractivity contribution >= 4 is 6.29 Å². The molecular formula is C10H10O4. The molecule has 0 unspecified atom stereocenters. The lowest BCUT2D eigenvalue weighted by Crippen LogP contribution is -1.97. The average molecular weight is 194 g/mol. The predicted molar refractivity (Wildman–Crippen MR) is 49.1 cm³/mol. The maximum absolute atomic E-state index is 10.5. The first kappa shape index (κ1) is 8.87. The van der Waals surface area contributed by atoms with Gasteiger partial charge in [0, 0.05) is 6.42 Å². The summed E-state index contributed by atoms with van der Waals surface area (Å²) < 4.78 is 10.6. The van der Waals surface area contributed by atoms with Crippen LogP contribution >= 0.6 is 0 Å². The zero-order chi connectivity index (χ0) is 9.97. The number of carbonyl (C=O) groups is 1. The first-order chi connectivity index (χ1) is 6.83. The Morgan fingerprint density at radius 3 is 2.86 bits per heavy atom. The molecule has 4 nitrogen and oxygen atoms in total. The van der Waals surface area contributed by atoms with E-state index >= 15 is 0 Å². The lowest BCUT2D eigenvalue weighted by Gasteiger charge is -2.09. The van der Waals surface area contributed by atoms with Gasteiger partial charge in [-0.3, -0.25) is 4.79 Å². The van der Waals surface area contributed by atoms with Gasteiger partial charge in [0.2, 0.25) is 5.75 Å². The van der Waals surface area contributed by atoms with E-state index in [-0.39, 0.29) is 17.1 Å². The maximum Gasteiger partial charge on any atom is 0.204 e. The van der Waals surface area contributed by atoms with Gasteiger partial charge in [-0.2, -0.15) is 0 Å². The van der Waals surface area contributed by atoms with E-state index in [1.165, 1.54) is 6.07 Å². The van der Waals surface area contributed by atoms with Crippen LogP contribution in [0.15, 0.2) is 12.1 Å². The summed E-state index contributed by atoms with van der Waals surface area (Å²) >= 11 is 0. The van der Waals surface area contributed by atoms with Gasteiger partial charge in [-0.15, -0.1) is 0 Å². The highest BCUT2D eigenvalue weighted by Crippen LogP contribution is 2.39. The molecule has 1 aromatic rings. The molecule has 4 heteroatoms. The number of phenolic OH excluding ortho intramolecular Hbond substituents is 1. The Bertz CT molecular complexity index is 359. The minimum Gasteiger partial charge on any atom is -0.504 e. The molecule has 1 heterocycles. The number of rotatable bonds is 1. The Morgan fingerprint density at radius 2 is 2.07 bits per heavy atom. The quantitative estimate of drug-likeness (QED) is 0.686. The van der Waals surface area contributed by atoms with Gasteiger partial charge < -0.3 is 14.6 Å². The highest BCUT2D eigenvalue weighted by molar-refractivity contribution is 5.82. The molecule has 0 atom stereocenters. The molecule has 0 saturated heterocycles. The minimum absolute atomic E-state index is 0.139. The molecule has 1 N–H and O–H groups in total. The molecule has 1 aliphatic rings. The summed E-state index contributed by atoms with van der Waals surface area (Å²) in [6, 6.07) is 3.14. The van der Waals surface area contributed by atoms with Gasteiger partial charge in [-0.1, -0.05) is 0 Å². The lowest BCUT2D eigenvalue weighted by molar-refractivity contribution is 0.112. The van der Waals surface area contributed by atoms with E-state index in [1.807, 2.05) is 0 Å². The van der Waals surface area contributed by atoms with Crippen molar-refractivity contribution in [1.82, 2.24) is 0 Å². The Labute approximate surface area is 81.1 Å². The van der Waals surface area contributed by atoms with E-state index in [0.29, 0.717) is 25.2 Å². The van der Waals surface area contributed by atoms with Crippen molar-refractivity contribution in [3.8, 4) is 17.2 Å². The molecule has 1 aliphatic heterocycles. The van der Waals surface area contributed by atoms with Gasteiger partial charge in [0.25, 0.3) is 0 Å². The van der Waals surface area contributed by atoms with Crippen LogP contribution in [-0.4, -0.2) is 24.6 Å². The molecule has 0 bridgehead atoms. The van der Waals surface area contributed by atoms with Crippen LogP contribution in [0.25, 0.3) is 0 Å². The predicted octanol–water partition coefficient (Wildman–Crippen LogP) is 1.37. The Morgan fingerprint density at radius 1 is 1.29 bits per heavy atom. The van der Waals surface area contributed by atoms with Crippen molar-refractivity contribution in [2.45, 2.75) is 6.42 Å². The second-order valence-electron chi connectivity index (χ2n) is 3.00. The summed E-state index contributed by atoms with van der Waals surface area (Å²) in [4.78, 5) is 10.5. The summed E-state index contributed by atoms with van der Waals surface area (Å²) in [5.74, 6) is 0.622. The van der Waals surface area contributed by atoms with Gasteiger partial charge in [-0.05, 0) is 12.1 Å². The van der Waals surface area contributed by atoms with Crippen LogP contribution in [0.4, 0.5) is 0 Å². The van der Waals surface area contributed by atoms with E-state index < -0.39 is 0 Å². The summed E-state index contributed by atoms with van der Waals surface area (Å²) in [7, 11) is 0. The summed E-state index contributed by atoms with van der Waals surface area (Å²) in [6.07, 6.45) is 1.36. The highest BCUT2D eigenvalue weighted by atomic mass is 16.5. The molecule has 2 rings (SSSR count). The number of hydrogen-bond acceptors (Lipinski definition) is 4. The van der Waals surface area contributed by atoms with Crippen LogP contribution in [-0.2, 0) is 0 Å². The van der Waals surface area contributed by atoms with Crippen LogP contribution in [0.2, 0.25) is 0 Å². The van der Waals surface area contributed by atoms with Gasteiger partial charge >= 0.3 is 0 Å². The summed E-state index contributed by atoms with van der Waals surface area (Å²) in [6.45, 7) is 1.05. The molecule has 1 aromatic carbocycles. The second kappa shape index (κ2) is 3.57. The monoisotopic (exact) mass is 194 g/mol. The van der Waals surface area contributed by atoms with Crippen molar-refractivity contribution in [3.63, 3.8) is 0 Å². The third-order valence-corrected chi connectivity index (χ3v) is 2.05. The van der Waals surface area contributed by atoms with E-state index in [1.54, 1.807) is 6.07 Å². The molecule has 0 fully saturated rings. The van der Waals surface area contributed by atoms with E-state index in [4.69, 9.17) is 9.47 Å². The van der Waals surface area contributed by atoms with Gasteiger partial charge in [0.15, 0.2) is 17.8 Å². The molecule has 0 amide bonds. The van der Waals surface area contributed by atoms with Crippen LogP contribution in [0.5, 0.6) is 17.2 Å². The van der Waals surface area contributed by atoms with E-state index in [9.17, 15) is 9.90 Å². The van der Waals surface area contributed by atoms with Crippen molar-refractivity contribution in [2.75, 3.05) is 13.2 Å². The van der Waals surface area contributed by atoms with Gasteiger partial charge in [-0.25, -0.2) is 0 Å². The van der Waals surface area contributed by atoms with Crippen LogP contribution in [0.3, 0.4) is 0 Å². The molecular weight excluding hydrogens is 184 g/mol. The van der Waals surface area contributed by atoms with Crippen LogP contribution < -0.4 is 9.47 Å². The third-order valence-electron chi connectivity index (χ3n) is 2.05. The molecule has 0 aromatic heterocycles. The zero-order valence-electron chi connectivity index (χ0n) is 7.53. The molecule has 14 heavy (non-hydrogen) atoms. The smallest absolute Gasteiger partial charge is 0.204 e. The number of fused-ring (bicyclic) bond motifs is 1. The van der Waals surface area contributed by atoms with Crippen molar-refractivity contribution in [2.24, 2.45) is 0 Å². The normalized spacial score (nSPS) is 14.6. The Balaban J connectivity index is 2.49. The fourth-order valence-electron chi connectivity index (χ4n) is 1.33. The van der Waals surface area contributed by atoms with E-state index in [0.717, 1.165) is 6.42 Å². The molecule has 0 aliphatic carbocycles. The Hall–Kier alpha value is -1.71.